The topological polar surface area (TPSA) is 58.4 Å². The second kappa shape index (κ2) is 9.06. The van der Waals surface area contributed by atoms with Crippen LogP contribution in [0.4, 0.5) is 0 Å². The van der Waals surface area contributed by atoms with Crippen LogP contribution < -0.4 is 5.32 Å². The molecule has 130 valence electrons. The summed E-state index contributed by atoms with van der Waals surface area (Å²) in [4.78, 5) is 18.1. The molecular weight excluding hydrogens is 349 g/mol. The zero-order valence-corrected chi connectivity index (χ0v) is 15.3. The standard InChI is InChI=1S/C17H21Cl2N3O2/c1-22(2)9-3-8-20-16(23)6-7-17-21-11-15(24-17)13-5-4-12(18)10-14(13)19/h4-5,10-11H,3,6-9H2,1-2H3,(H,20,23). The number of hydrogen-bond donors (Lipinski definition) is 1. The molecule has 0 aliphatic carbocycles. The van der Waals surface area contributed by atoms with Gasteiger partial charge in [0, 0.05) is 30.0 Å². The Bertz CT molecular complexity index is 686. The molecule has 1 N–H and O–H groups in total. The summed E-state index contributed by atoms with van der Waals surface area (Å²) in [6.45, 7) is 1.62. The molecule has 1 heterocycles. The van der Waals surface area contributed by atoms with Crippen molar-refractivity contribution in [3.63, 3.8) is 0 Å². The fourth-order valence-corrected chi connectivity index (χ4v) is 2.67. The minimum absolute atomic E-state index is 0.00182. The van der Waals surface area contributed by atoms with E-state index in [1.165, 1.54) is 0 Å². The number of carbonyl (C=O) groups excluding carboxylic acids is 1. The number of halogens is 2. The fraction of sp³-hybridized carbons (Fsp3) is 0.412. The molecule has 0 fully saturated rings. The molecule has 5 nitrogen and oxygen atoms in total. The summed E-state index contributed by atoms with van der Waals surface area (Å²) in [7, 11) is 4.02. The first kappa shape index (κ1) is 18.8. The van der Waals surface area contributed by atoms with Crippen LogP contribution in [0.5, 0.6) is 0 Å². The van der Waals surface area contributed by atoms with Gasteiger partial charge >= 0.3 is 0 Å². The number of benzene rings is 1. The molecule has 0 saturated heterocycles. The number of carbonyl (C=O) groups is 1. The van der Waals surface area contributed by atoms with Gasteiger partial charge in [-0.2, -0.15) is 0 Å². The molecular formula is C17H21Cl2N3O2. The van der Waals surface area contributed by atoms with Crippen molar-refractivity contribution in [1.82, 2.24) is 15.2 Å². The molecule has 24 heavy (non-hydrogen) atoms. The number of nitrogens with one attached hydrogen (secondary N) is 1. The van der Waals surface area contributed by atoms with E-state index < -0.39 is 0 Å². The average molecular weight is 370 g/mol. The largest absolute Gasteiger partial charge is 0.441 e. The summed E-state index contributed by atoms with van der Waals surface area (Å²) in [6, 6.07) is 5.18. The van der Waals surface area contributed by atoms with Crippen LogP contribution in [0.3, 0.4) is 0 Å². The van der Waals surface area contributed by atoms with Crippen LogP contribution in [-0.4, -0.2) is 43.0 Å². The molecule has 0 atom stereocenters. The van der Waals surface area contributed by atoms with Gasteiger partial charge in [-0.15, -0.1) is 0 Å². The molecule has 1 aromatic heterocycles. The Morgan fingerprint density at radius 3 is 2.83 bits per heavy atom. The Balaban J connectivity index is 1.82. The molecule has 2 aromatic rings. The monoisotopic (exact) mass is 369 g/mol. The number of nitrogens with zero attached hydrogens (tertiary/aromatic N) is 2. The van der Waals surface area contributed by atoms with E-state index in [9.17, 15) is 4.79 Å². The first-order valence-electron chi connectivity index (χ1n) is 7.77. The first-order valence-corrected chi connectivity index (χ1v) is 8.53. The van der Waals surface area contributed by atoms with E-state index in [1.54, 1.807) is 24.4 Å². The lowest BCUT2D eigenvalue weighted by molar-refractivity contribution is -0.121. The lowest BCUT2D eigenvalue weighted by atomic mass is 10.2. The lowest BCUT2D eigenvalue weighted by Gasteiger charge is -2.09. The normalized spacial score (nSPS) is 11.0. The second-order valence-corrected chi connectivity index (χ2v) is 6.59. The number of aromatic nitrogens is 1. The van der Waals surface area contributed by atoms with Gasteiger partial charge in [-0.05, 0) is 45.3 Å². The van der Waals surface area contributed by atoms with Crippen molar-refractivity contribution < 1.29 is 9.21 Å². The Morgan fingerprint density at radius 2 is 2.12 bits per heavy atom. The van der Waals surface area contributed by atoms with Crippen LogP contribution in [0.2, 0.25) is 10.0 Å². The van der Waals surface area contributed by atoms with Gasteiger partial charge in [-0.1, -0.05) is 23.2 Å². The number of oxazole rings is 1. The second-order valence-electron chi connectivity index (χ2n) is 5.75. The molecule has 7 heteroatoms. The molecule has 0 spiro atoms. The zero-order valence-electron chi connectivity index (χ0n) is 13.8. The predicted molar refractivity (Wildman–Crippen MR) is 96.5 cm³/mol. The van der Waals surface area contributed by atoms with E-state index in [4.69, 9.17) is 27.6 Å². The number of rotatable bonds is 8. The minimum Gasteiger partial charge on any atom is -0.441 e. The van der Waals surface area contributed by atoms with Crippen LogP contribution in [0.15, 0.2) is 28.8 Å². The highest BCUT2D eigenvalue weighted by molar-refractivity contribution is 6.36. The molecule has 0 aliphatic heterocycles. The zero-order chi connectivity index (χ0) is 17.5. The third-order valence-electron chi connectivity index (χ3n) is 3.42. The maximum atomic E-state index is 11.8. The highest BCUT2D eigenvalue weighted by Gasteiger charge is 2.11. The first-order chi connectivity index (χ1) is 11.5. The Hall–Kier alpha value is -1.56. The number of aryl methyl sites for hydroxylation is 1. The smallest absolute Gasteiger partial charge is 0.220 e. The van der Waals surface area contributed by atoms with Gasteiger partial charge in [0.25, 0.3) is 0 Å². The summed E-state index contributed by atoms with van der Waals surface area (Å²) in [5.41, 5.74) is 0.730. The quantitative estimate of drug-likeness (QED) is 0.721. The van der Waals surface area contributed by atoms with Crippen LogP contribution in [-0.2, 0) is 11.2 Å². The third kappa shape index (κ3) is 5.82. The SMILES string of the molecule is CN(C)CCCNC(=O)CCc1ncc(-c2ccc(Cl)cc2Cl)o1. The maximum Gasteiger partial charge on any atom is 0.220 e. The Morgan fingerprint density at radius 1 is 1.33 bits per heavy atom. The van der Waals surface area contributed by atoms with Crippen molar-refractivity contribution in [3.05, 3.63) is 40.3 Å². The number of amides is 1. The van der Waals surface area contributed by atoms with Gasteiger partial charge in [0.1, 0.15) is 0 Å². The highest BCUT2D eigenvalue weighted by Crippen LogP contribution is 2.30. The third-order valence-corrected chi connectivity index (χ3v) is 3.97. The highest BCUT2D eigenvalue weighted by atomic mass is 35.5. The van der Waals surface area contributed by atoms with E-state index in [2.05, 4.69) is 15.2 Å². The van der Waals surface area contributed by atoms with Crippen molar-refractivity contribution in [1.29, 1.82) is 0 Å². The van der Waals surface area contributed by atoms with Crippen molar-refractivity contribution >= 4 is 29.1 Å². The molecule has 2 rings (SSSR count). The maximum absolute atomic E-state index is 11.8. The van der Waals surface area contributed by atoms with Crippen LogP contribution >= 0.6 is 23.2 Å². The molecule has 1 amide bonds. The summed E-state index contributed by atoms with van der Waals surface area (Å²) < 4.78 is 5.67. The van der Waals surface area contributed by atoms with Crippen LogP contribution in [0, 0.1) is 0 Å². The van der Waals surface area contributed by atoms with Crippen molar-refractivity contribution in [2.75, 3.05) is 27.2 Å². The van der Waals surface area contributed by atoms with E-state index in [0.29, 0.717) is 41.1 Å². The van der Waals surface area contributed by atoms with E-state index in [1.807, 2.05) is 14.1 Å². The van der Waals surface area contributed by atoms with Crippen molar-refractivity contribution in [3.8, 4) is 11.3 Å². The van der Waals surface area contributed by atoms with Crippen molar-refractivity contribution in [2.24, 2.45) is 0 Å². The van der Waals surface area contributed by atoms with Gasteiger partial charge in [-0.25, -0.2) is 4.98 Å². The lowest BCUT2D eigenvalue weighted by Crippen LogP contribution is -2.27. The summed E-state index contributed by atoms with van der Waals surface area (Å²) in [5.74, 6) is 1.08. The average Bonchev–Trinajstić information content (AvgIpc) is 2.98. The predicted octanol–water partition coefficient (Wildman–Crippen LogP) is 3.65. The summed E-state index contributed by atoms with van der Waals surface area (Å²) in [5, 5.41) is 3.96. The van der Waals surface area contributed by atoms with Crippen LogP contribution in [0.1, 0.15) is 18.7 Å². The van der Waals surface area contributed by atoms with E-state index >= 15 is 0 Å². The van der Waals surface area contributed by atoms with Gasteiger partial charge in [0.2, 0.25) is 5.91 Å². The van der Waals surface area contributed by atoms with E-state index in [-0.39, 0.29) is 5.91 Å². The fourth-order valence-electron chi connectivity index (χ4n) is 2.17. The summed E-state index contributed by atoms with van der Waals surface area (Å²) in [6.07, 6.45) is 3.33. The molecule has 0 saturated carbocycles. The molecule has 0 bridgehead atoms. The van der Waals surface area contributed by atoms with Crippen molar-refractivity contribution in [2.45, 2.75) is 19.3 Å². The molecule has 0 unspecified atom stereocenters. The Kier molecular flexibility index (Phi) is 7.09. The Labute approximate surface area is 151 Å². The summed E-state index contributed by atoms with van der Waals surface area (Å²) >= 11 is 12.0. The minimum atomic E-state index is -0.00182. The van der Waals surface area contributed by atoms with Gasteiger partial charge in [0.15, 0.2) is 11.7 Å². The van der Waals surface area contributed by atoms with Gasteiger partial charge in [-0.3, -0.25) is 4.79 Å². The van der Waals surface area contributed by atoms with Crippen LogP contribution in [0.25, 0.3) is 11.3 Å². The van der Waals surface area contributed by atoms with Gasteiger partial charge in [0.05, 0.1) is 11.2 Å². The van der Waals surface area contributed by atoms with E-state index in [0.717, 1.165) is 18.5 Å². The molecule has 0 radical (unpaired) electrons. The number of hydrogen-bond acceptors (Lipinski definition) is 4. The molecule has 1 aromatic carbocycles. The van der Waals surface area contributed by atoms with Gasteiger partial charge < -0.3 is 14.6 Å². The molecule has 0 aliphatic rings.